The molecule has 0 saturated heterocycles. The van der Waals surface area contributed by atoms with Gasteiger partial charge in [-0.3, -0.25) is 0 Å². The van der Waals surface area contributed by atoms with E-state index >= 15 is 0 Å². The summed E-state index contributed by atoms with van der Waals surface area (Å²) in [5, 5.41) is 0. The first kappa shape index (κ1) is 18.9. The maximum Gasteiger partial charge on any atom is 0.106 e. The summed E-state index contributed by atoms with van der Waals surface area (Å²) >= 11 is 0. The van der Waals surface area contributed by atoms with Crippen molar-refractivity contribution in [3.05, 3.63) is 71.9 Å². The van der Waals surface area contributed by atoms with Crippen molar-refractivity contribution < 1.29 is 4.21 Å². The van der Waals surface area contributed by atoms with Crippen LogP contribution in [0.1, 0.15) is 41.5 Å². The smallest absolute Gasteiger partial charge is 0.106 e. The molecule has 0 aliphatic heterocycles. The highest BCUT2D eigenvalue weighted by atomic mass is 32.2. The maximum atomic E-state index is 12.8. The van der Waals surface area contributed by atoms with E-state index in [2.05, 4.69) is 67.2 Å². The summed E-state index contributed by atoms with van der Waals surface area (Å²) in [6.45, 7) is 12.4. The standard InChI is InChI=1S/C21H29NOS/c1-17-9-7-13-20(5,15-11-17)18-10-8-14-21(6,16-12-18)24(23)22-19(2,3)4/h7-16,22H,1-6H3. The van der Waals surface area contributed by atoms with E-state index in [4.69, 9.17) is 0 Å². The van der Waals surface area contributed by atoms with Crippen LogP contribution in [-0.4, -0.2) is 14.5 Å². The third-order valence-corrected chi connectivity index (χ3v) is 6.08. The number of hydrogen-bond acceptors (Lipinski definition) is 1. The van der Waals surface area contributed by atoms with Crippen LogP contribution in [-0.2, 0) is 11.0 Å². The number of allylic oxidation sites excluding steroid dienone is 10. The van der Waals surface area contributed by atoms with Gasteiger partial charge in [-0.15, -0.1) is 0 Å². The van der Waals surface area contributed by atoms with Crippen molar-refractivity contribution >= 4 is 11.0 Å². The molecule has 0 spiro atoms. The molecule has 130 valence electrons. The van der Waals surface area contributed by atoms with E-state index in [1.165, 1.54) is 11.1 Å². The Kier molecular flexibility index (Phi) is 5.36. The summed E-state index contributed by atoms with van der Waals surface area (Å²) < 4.78 is 15.4. The van der Waals surface area contributed by atoms with E-state index in [9.17, 15) is 4.21 Å². The van der Waals surface area contributed by atoms with Crippen LogP contribution in [0.5, 0.6) is 0 Å². The van der Waals surface area contributed by atoms with Gasteiger partial charge in [0.1, 0.15) is 11.0 Å². The molecule has 2 nitrogen and oxygen atoms in total. The van der Waals surface area contributed by atoms with Crippen molar-refractivity contribution in [2.24, 2.45) is 5.41 Å². The minimum absolute atomic E-state index is 0.167. The predicted molar refractivity (Wildman–Crippen MR) is 106 cm³/mol. The molecule has 2 aliphatic carbocycles. The fourth-order valence-corrected chi connectivity index (χ4v) is 3.76. The fourth-order valence-electron chi connectivity index (χ4n) is 2.59. The molecule has 0 bridgehead atoms. The van der Waals surface area contributed by atoms with E-state index in [0.717, 1.165) is 0 Å². The van der Waals surface area contributed by atoms with E-state index in [1.807, 2.05) is 39.8 Å². The Morgan fingerprint density at radius 2 is 1.62 bits per heavy atom. The molecule has 0 fully saturated rings. The largest absolute Gasteiger partial charge is 0.242 e. The van der Waals surface area contributed by atoms with Gasteiger partial charge in [-0.2, -0.15) is 0 Å². The maximum absolute atomic E-state index is 12.8. The molecular formula is C21H29NOS. The van der Waals surface area contributed by atoms with Crippen LogP contribution in [0.4, 0.5) is 0 Å². The summed E-state index contributed by atoms with van der Waals surface area (Å²) in [5.74, 6) is 0. The van der Waals surface area contributed by atoms with Crippen molar-refractivity contribution in [2.45, 2.75) is 51.8 Å². The second-order valence-corrected chi connectivity index (χ2v) is 9.63. The van der Waals surface area contributed by atoms with Gasteiger partial charge in [0, 0.05) is 11.0 Å². The summed E-state index contributed by atoms with van der Waals surface area (Å²) in [7, 11) is -1.20. The van der Waals surface area contributed by atoms with E-state index in [0.29, 0.717) is 0 Å². The topological polar surface area (TPSA) is 29.1 Å². The summed E-state index contributed by atoms with van der Waals surface area (Å²) in [5.41, 5.74) is 2.06. The van der Waals surface area contributed by atoms with Crippen LogP contribution in [0.3, 0.4) is 0 Å². The molecular weight excluding hydrogens is 314 g/mol. The Labute approximate surface area is 149 Å². The Balaban J connectivity index is 2.28. The molecule has 0 aromatic rings. The number of rotatable bonds is 3. The lowest BCUT2D eigenvalue weighted by Crippen LogP contribution is -2.45. The number of nitrogens with one attached hydrogen (secondary N) is 1. The molecule has 0 heterocycles. The first-order chi connectivity index (χ1) is 11.0. The molecule has 0 aromatic heterocycles. The third-order valence-electron chi connectivity index (χ3n) is 4.21. The van der Waals surface area contributed by atoms with Crippen LogP contribution in [0.15, 0.2) is 71.9 Å². The van der Waals surface area contributed by atoms with Crippen molar-refractivity contribution in [2.75, 3.05) is 0 Å². The van der Waals surface area contributed by atoms with Crippen LogP contribution < -0.4 is 4.72 Å². The zero-order valence-corrected chi connectivity index (χ0v) is 16.4. The molecule has 24 heavy (non-hydrogen) atoms. The van der Waals surface area contributed by atoms with Crippen molar-refractivity contribution in [1.29, 1.82) is 0 Å². The Bertz CT molecular complexity index is 700. The van der Waals surface area contributed by atoms with Gasteiger partial charge < -0.3 is 0 Å². The van der Waals surface area contributed by atoms with Crippen molar-refractivity contribution in [3.8, 4) is 0 Å². The molecule has 0 radical (unpaired) electrons. The Morgan fingerprint density at radius 1 is 0.958 bits per heavy atom. The van der Waals surface area contributed by atoms with Gasteiger partial charge in [0.05, 0.1) is 4.75 Å². The SMILES string of the molecule is CC1=CC=CC(C)(C2=CC=CC(C)(S(=O)NC(C)(C)C)C=C2)C=C1. The molecule has 3 unspecified atom stereocenters. The monoisotopic (exact) mass is 343 g/mol. The fraction of sp³-hybridized carbons (Fsp3) is 0.429. The normalized spacial score (nSPS) is 31.2. The van der Waals surface area contributed by atoms with E-state index in [-0.39, 0.29) is 11.0 Å². The molecule has 0 amide bonds. The Hall–Kier alpha value is -1.45. The quantitative estimate of drug-likeness (QED) is 0.773. The lowest BCUT2D eigenvalue weighted by atomic mass is 9.81. The molecule has 0 saturated carbocycles. The highest BCUT2D eigenvalue weighted by molar-refractivity contribution is 7.84. The average Bonchev–Trinajstić information content (AvgIpc) is 2.76. The highest BCUT2D eigenvalue weighted by Gasteiger charge is 2.31. The molecule has 0 aromatic carbocycles. The number of hydrogen-bond donors (Lipinski definition) is 1. The van der Waals surface area contributed by atoms with Crippen LogP contribution in [0.25, 0.3) is 0 Å². The first-order valence-corrected chi connectivity index (χ1v) is 9.53. The van der Waals surface area contributed by atoms with Crippen LogP contribution >= 0.6 is 0 Å². The summed E-state index contributed by atoms with van der Waals surface area (Å²) in [6, 6.07) is 0. The lowest BCUT2D eigenvalue weighted by Gasteiger charge is -2.28. The molecule has 2 rings (SSSR count). The molecule has 3 heteroatoms. The zero-order valence-electron chi connectivity index (χ0n) is 15.6. The summed E-state index contributed by atoms with van der Waals surface area (Å²) in [6.07, 6.45) is 21.1. The third kappa shape index (κ3) is 4.55. The average molecular weight is 344 g/mol. The van der Waals surface area contributed by atoms with E-state index in [1.54, 1.807) is 0 Å². The summed E-state index contributed by atoms with van der Waals surface area (Å²) in [4.78, 5) is 0. The van der Waals surface area contributed by atoms with Gasteiger partial charge in [-0.25, -0.2) is 8.93 Å². The van der Waals surface area contributed by atoms with Gasteiger partial charge in [0.25, 0.3) is 0 Å². The van der Waals surface area contributed by atoms with Crippen LogP contribution in [0.2, 0.25) is 0 Å². The van der Waals surface area contributed by atoms with Crippen molar-refractivity contribution in [3.63, 3.8) is 0 Å². The second kappa shape index (κ2) is 6.81. The Morgan fingerprint density at radius 3 is 2.29 bits per heavy atom. The van der Waals surface area contributed by atoms with Gasteiger partial charge in [-0.1, -0.05) is 66.3 Å². The minimum Gasteiger partial charge on any atom is -0.242 e. The lowest BCUT2D eigenvalue weighted by molar-refractivity contribution is 0.515. The van der Waals surface area contributed by atoms with Gasteiger partial charge in [0.15, 0.2) is 0 Å². The van der Waals surface area contributed by atoms with Gasteiger partial charge in [-0.05, 0) is 47.1 Å². The minimum atomic E-state index is -1.20. The van der Waals surface area contributed by atoms with Crippen LogP contribution in [0, 0.1) is 5.41 Å². The molecule has 2 aliphatic rings. The van der Waals surface area contributed by atoms with E-state index < -0.39 is 15.7 Å². The van der Waals surface area contributed by atoms with Gasteiger partial charge >= 0.3 is 0 Å². The zero-order chi connectivity index (χ0) is 18.0. The highest BCUT2D eigenvalue weighted by Crippen LogP contribution is 2.36. The molecule has 3 atom stereocenters. The molecule has 1 N–H and O–H groups in total. The second-order valence-electron chi connectivity index (χ2n) is 8.00. The first-order valence-electron chi connectivity index (χ1n) is 8.38. The van der Waals surface area contributed by atoms with Gasteiger partial charge in [0.2, 0.25) is 0 Å². The predicted octanol–water partition coefficient (Wildman–Crippen LogP) is 4.93. The van der Waals surface area contributed by atoms with Crippen molar-refractivity contribution in [1.82, 2.24) is 4.72 Å².